The molecule has 0 aliphatic heterocycles. The van der Waals surface area contributed by atoms with Crippen molar-refractivity contribution in [2.24, 2.45) is 39.8 Å². The number of carboxylic acid groups (broad SMARTS) is 1. The molecule has 17 nitrogen and oxygen atoms in total. The first-order chi connectivity index (χ1) is 24.5. The van der Waals surface area contributed by atoms with Crippen LogP contribution in [0.25, 0.3) is 0 Å². The van der Waals surface area contributed by atoms with Crippen LogP contribution >= 0.6 is 0 Å². The summed E-state index contributed by atoms with van der Waals surface area (Å²) in [6, 6.07) is 3.44. The molecule has 5 amide bonds. The molecule has 0 saturated carbocycles. The molecule has 1 aromatic rings. The maximum Gasteiger partial charge on any atom is 0.490 e. The number of aliphatic hydroxyl groups excluding tert-OH is 1. The number of nitrogens with two attached hydrogens (primary N) is 4. The Morgan fingerprint density at radius 3 is 1.53 bits per heavy atom. The minimum absolute atomic E-state index is 0.0216. The van der Waals surface area contributed by atoms with E-state index in [0.717, 1.165) is 5.56 Å². The van der Waals surface area contributed by atoms with E-state index >= 15 is 0 Å². The number of amides is 5. The van der Waals surface area contributed by atoms with Crippen LogP contribution in [-0.2, 0) is 35.2 Å². The van der Waals surface area contributed by atoms with Gasteiger partial charge in [0.15, 0.2) is 5.96 Å². The van der Waals surface area contributed by atoms with Crippen LogP contribution in [0.3, 0.4) is 0 Å². The number of aliphatic hydroxyl groups is 1. The first-order valence-corrected chi connectivity index (χ1v) is 16.8. The molecule has 0 radical (unpaired) electrons. The van der Waals surface area contributed by atoms with Gasteiger partial charge >= 0.3 is 12.1 Å². The Hall–Kier alpha value is -4.98. The second-order valence-corrected chi connectivity index (χ2v) is 13.1. The third kappa shape index (κ3) is 20.6. The van der Waals surface area contributed by atoms with E-state index in [4.69, 9.17) is 32.8 Å². The Labute approximate surface area is 306 Å². The number of aliphatic carboxylic acids is 1. The van der Waals surface area contributed by atoms with Gasteiger partial charge in [0.2, 0.25) is 29.5 Å². The summed E-state index contributed by atoms with van der Waals surface area (Å²) in [5, 5.41) is 27.6. The number of hydrogen-bond donors (Lipinski definition) is 10. The standard InChI is InChI=1S/C31H53N9O6.C2HF3O2/c1-17(2)14-22(27(43)37-21(26(33)42)12-9-13-36-31(34)35)38-28(44)23(15-18(3)4)39-29(45)24(16-20-10-7-6-8-11-20)40-30(46)25(32)19(5)41;3-2(4,5)1(6)7/h6-8,10-11,17-19,21-25,41H,9,12-16,32H2,1-5H3,(H2,33,42)(H,37,43)(H,38,44)(H,39,45)(H,40,46)(H4,34,35,36);(H,6,7)/t19-,21+,22+,23+,24+,25+;/m1./s1. The SMILES string of the molecule is CC(C)C[C@H](NC(=O)[C@H](CC(C)C)NC(=O)[C@H](Cc1ccccc1)NC(=O)[C@@H](N)[C@@H](C)O)C(=O)N[C@@H](CCCN=C(N)N)C(N)=O.O=C(O)C(F)(F)F. The van der Waals surface area contributed by atoms with E-state index in [-0.39, 0.29) is 50.0 Å². The number of carbonyl (C=O) groups is 6. The van der Waals surface area contributed by atoms with E-state index in [2.05, 4.69) is 26.3 Å². The average Bonchev–Trinajstić information content (AvgIpc) is 3.04. The summed E-state index contributed by atoms with van der Waals surface area (Å²) < 4.78 is 31.7. The highest BCUT2D eigenvalue weighted by molar-refractivity contribution is 5.96. The lowest BCUT2D eigenvalue weighted by Crippen LogP contribution is -2.60. The van der Waals surface area contributed by atoms with Crippen LogP contribution < -0.4 is 44.2 Å². The number of nitrogens with one attached hydrogen (secondary N) is 4. The first kappa shape index (κ1) is 48.0. The number of carboxylic acids is 1. The van der Waals surface area contributed by atoms with Crippen LogP contribution in [0.2, 0.25) is 0 Å². The molecule has 20 heteroatoms. The number of rotatable bonds is 20. The molecule has 0 aliphatic rings. The monoisotopic (exact) mass is 761 g/mol. The van der Waals surface area contributed by atoms with Gasteiger partial charge in [-0.05, 0) is 50.0 Å². The fourth-order valence-corrected chi connectivity index (χ4v) is 4.56. The zero-order chi connectivity index (χ0) is 41.1. The predicted molar refractivity (Wildman–Crippen MR) is 189 cm³/mol. The van der Waals surface area contributed by atoms with Crippen LogP contribution in [0.5, 0.6) is 0 Å². The minimum atomic E-state index is -5.08. The van der Waals surface area contributed by atoms with Crippen molar-refractivity contribution in [3.63, 3.8) is 0 Å². The largest absolute Gasteiger partial charge is 0.490 e. The van der Waals surface area contributed by atoms with Gasteiger partial charge in [-0.25, -0.2) is 4.79 Å². The molecule has 0 unspecified atom stereocenters. The van der Waals surface area contributed by atoms with E-state index in [1.165, 1.54) is 6.92 Å². The molecule has 6 atom stereocenters. The van der Waals surface area contributed by atoms with Crippen molar-refractivity contribution in [1.82, 2.24) is 21.3 Å². The summed E-state index contributed by atoms with van der Waals surface area (Å²) in [5.74, 6) is -6.26. The quantitative estimate of drug-likeness (QED) is 0.0443. The molecule has 0 aliphatic carbocycles. The number of guanidine groups is 1. The molecule has 0 bridgehead atoms. The maximum atomic E-state index is 13.6. The van der Waals surface area contributed by atoms with Crippen LogP contribution in [0.15, 0.2) is 35.3 Å². The Kier molecular flexibility index (Phi) is 21.3. The van der Waals surface area contributed by atoms with Gasteiger partial charge in [0.25, 0.3) is 0 Å². The fourth-order valence-electron chi connectivity index (χ4n) is 4.56. The second kappa shape index (κ2) is 23.6. The molecule has 1 aromatic carbocycles. The minimum Gasteiger partial charge on any atom is -0.475 e. The summed E-state index contributed by atoms with van der Waals surface area (Å²) in [7, 11) is 0. The zero-order valence-electron chi connectivity index (χ0n) is 30.5. The maximum absolute atomic E-state index is 13.6. The van der Waals surface area contributed by atoms with Crippen molar-refractivity contribution < 1.29 is 52.2 Å². The van der Waals surface area contributed by atoms with E-state index < -0.39 is 78.0 Å². The Bertz CT molecular complexity index is 1380. The lowest BCUT2D eigenvalue weighted by Gasteiger charge is -2.28. The van der Waals surface area contributed by atoms with E-state index in [9.17, 15) is 42.3 Å². The van der Waals surface area contributed by atoms with E-state index in [0.29, 0.717) is 6.42 Å². The third-order valence-corrected chi connectivity index (χ3v) is 7.27. The topological polar surface area (TPSA) is 307 Å². The predicted octanol–water partition coefficient (Wildman–Crippen LogP) is -0.859. The molecule has 0 fully saturated rings. The van der Waals surface area contributed by atoms with Gasteiger partial charge in [0.05, 0.1) is 6.10 Å². The van der Waals surface area contributed by atoms with Crippen molar-refractivity contribution in [2.45, 2.75) is 109 Å². The number of nitrogens with zero attached hydrogens (tertiary/aromatic N) is 1. The molecule has 0 saturated heterocycles. The van der Waals surface area contributed by atoms with Crippen molar-refractivity contribution in [2.75, 3.05) is 6.54 Å². The van der Waals surface area contributed by atoms with Gasteiger partial charge < -0.3 is 54.4 Å². The molecule has 1 rings (SSSR count). The zero-order valence-corrected chi connectivity index (χ0v) is 30.5. The average molecular weight is 762 g/mol. The smallest absolute Gasteiger partial charge is 0.475 e. The van der Waals surface area contributed by atoms with Crippen LogP contribution in [0.1, 0.15) is 65.9 Å². The van der Waals surface area contributed by atoms with E-state index in [1.54, 1.807) is 24.3 Å². The number of primary amides is 1. The highest BCUT2D eigenvalue weighted by atomic mass is 19.4. The van der Waals surface area contributed by atoms with Gasteiger partial charge in [0.1, 0.15) is 30.2 Å². The van der Waals surface area contributed by atoms with Gasteiger partial charge in [-0.15, -0.1) is 0 Å². The summed E-state index contributed by atoms with van der Waals surface area (Å²) in [6.07, 6.45) is -5.13. The fraction of sp³-hybridized carbons (Fsp3) is 0.606. The van der Waals surface area contributed by atoms with Crippen molar-refractivity contribution in [3.8, 4) is 0 Å². The number of benzene rings is 1. The first-order valence-electron chi connectivity index (χ1n) is 16.8. The van der Waals surface area contributed by atoms with Gasteiger partial charge in [-0.2, -0.15) is 13.2 Å². The molecule has 0 aromatic heterocycles. The van der Waals surface area contributed by atoms with Crippen LogP contribution in [0, 0.1) is 11.8 Å². The lowest BCUT2D eigenvalue weighted by molar-refractivity contribution is -0.192. The number of alkyl halides is 3. The van der Waals surface area contributed by atoms with Gasteiger partial charge in [0, 0.05) is 13.0 Å². The highest BCUT2D eigenvalue weighted by Gasteiger charge is 2.38. The molecular weight excluding hydrogens is 707 g/mol. The number of aliphatic imine (C=N–C) groups is 1. The van der Waals surface area contributed by atoms with Crippen molar-refractivity contribution in [1.29, 1.82) is 0 Å². The number of halogens is 3. The summed E-state index contributed by atoms with van der Waals surface area (Å²) in [5.41, 5.74) is 22.7. The Balaban J connectivity index is 0.00000348. The normalized spacial score (nSPS) is 14.6. The van der Waals surface area contributed by atoms with Gasteiger partial charge in [-0.3, -0.25) is 29.0 Å². The summed E-state index contributed by atoms with van der Waals surface area (Å²) in [6.45, 7) is 9.08. The second-order valence-electron chi connectivity index (χ2n) is 13.1. The highest BCUT2D eigenvalue weighted by Crippen LogP contribution is 2.13. The summed E-state index contributed by atoms with van der Waals surface area (Å²) in [4.78, 5) is 78.1. The molecule has 300 valence electrons. The van der Waals surface area contributed by atoms with Crippen molar-refractivity contribution in [3.05, 3.63) is 35.9 Å². The van der Waals surface area contributed by atoms with Crippen LogP contribution in [-0.4, -0.2) is 101 Å². The molecular formula is C33H54F3N9O8. The number of carbonyl (C=O) groups excluding carboxylic acids is 5. The molecule has 0 heterocycles. The molecule has 53 heavy (non-hydrogen) atoms. The molecule has 14 N–H and O–H groups in total. The van der Waals surface area contributed by atoms with Crippen molar-refractivity contribution >= 4 is 41.5 Å². The third-order valence-electron chi connectivity index (χ3n) is 7.27. The number of hydrogen-bond acceptors (Lipinski definition) is 9. The lowest BCUT2D eigenvalue weighted by atomic mass is 9.98. The summed E-state index contributed by atoms with van der Waals surface area (Å²) >= 11 is 0. The Morgan fingerprint density at radius 2 is 1.15 bits per heavy atom. The van der Waals surface area contributed by atoms with Gasteiger partial charge in [-0.1, -0.05) is 58.0 Å². The Morgan fingerprint density at radius 1 is 0.736 bits per heavy atom. The van der Waals surface area contributed by atoms with E-state index in [1.807, 2.05) is 33.8 Å². The van der Waals surface area contributed by atoms with Crippen LogP contribution in [0.4, 0.5) is 13.2 Å². The molecule has 0 spiro atoms.